The Morgan fingerprint density at radius 2 is 2.00 bits per heavy atom. The standard InChI is InChI=1S/C24H32N4O7S/c1-15(2)10-16(11-21(31)27-6-8-35-9-7-27)24(32)28-22(12-17-23(28)20(30)13-26-17)36(33,34)14-18-19(29)4-3-5-25-18/h3-5,15-16,22,26,29H,6-14H2,1-2H3. The SMILES string of the molecule is CC(C)CC(CC(=O)N1CCOCC1)C(=O)N1C2=C(CC1S(=O)(=O)Cc1ncccc1O)NCC2=O. The van der Waals surface area contributed by atoms with E-state index >= 15 is 0 Å². The van der Waals surface area contributed by atoms with Crippen LogP contribution in [0.3, 0.4) is 0 Å². The predicted molar refractivity (Wildman–Crippen MR) is 129 cm³/mol. The lowest BCUT2D eigenvalue weighted by Gasteiger charge is -2.32. The van der Waals surface area contributed by atoms with Gasteiger partial charge in [-0.15, -0.1) is 0 Å². The number of rotatable bonds is 8. The lowest BCUT2D eigenvalue weighted by molar-refractivity contribution is -0.143. The van der Waals surface area contributed by atoms with Crippen LogP contribution < -0.4 is 5.32 Å². The number of hydrogen-bond acceptors (Lipinski definition) is 9. The molecule has 0 spiro atoms. The predicted octanol–water partition coefficient (Wildman–Crippen LogP) is 0.556. The molecule has 0 saturated carbocycles. The molecule has 196 valence electrons. The summed E-state index contributed by atoms with van der Waals surface area (Å²) in [5, 5.41) is 11.7. The highest BCUT2D eigenvalue weighted by Gasteiger charge is 2.49. The van der Waals surface area contributed by atoms with E-state index in [-0.39, 0.29) is 54.1 Å². The topological polar surface area (TPSA) is 146 Å². The maximum absolute atomic E-state index is 14.0. The molecule has 0 radical (unpaired) electrons. The van der Waals surface area contributed by atoms with E-state index in [2.05, 4.69) is 10.3 Å². The zero-order valence-corrected chi connectivity index (χ0v) is 21.3. The second-order valence-electron chi connectivity index (χ2n) is 9.77. The van der Waals surface area contributed by atoms with Gasteiger partial charge in [0.25, 0.3) is 0 Å². The average molecular weight is 521 g/mol. The molecule has 4 rings (SSSR count). The fourth-order valence-electron chi connectivity index (χ4n) is 4.94. The molecule has 2 atom stereocenters. The molecule has 0 aliphatic carbocycles. The summed E-state index contributed by atoms with van der Waals surface area (Å²) in [7, 11) is -4.07. The molecule has 1 fully saturated rings. The number of aromatic nitrogens is 1. The Kier molecular flexibility index (Phi) is 7.65. The molecule has 11 nitrogen and oxygen atoms in total. The van der Waals surface area contributed by atoms with Crippen LogP contribution in [-0.2, 0) is 34.7 Å². The van der Waals surface area contributed by atoms with E-state index < -0.39 is 32.8 Å². The van der Waals surface area contributed by atoms with Gasteiger partial charge in [0.15, 0.2) is 15.6 Å². The van der Waals surface area contributed by atoms with E-state index in [1.165, 1.54) is 18.3 Å². The van der Waals surface area contributed by atoms with Crippen LogP contribution in [0.15, 0.2) is 29.7 Å². The third-order valence-electron chi connectivity index (χ3n) is 6.67. The Bertz CT molecular complexity index is 1170. The number of nitrogens with zero attached hydrogens (tertiary/aromatic N) is 3. The molecular weight excluding hydrogens is 488 g/mol. The third-order valence-corrected chi connectivity index (χ3v) is 8.55. The van der Waals surface area contributed by atoms with E-state index in [9.17, 15) is 27.9 Å². The number of aromatic hydroxyl groups is 1. The number of carbonyl (C=O) groups is 3. The first-order valence-electron chi connectivity index (χ1n) is 12.1. The Morgan fingerprint density at radius 3 is 2.67 bits per heavy atom. The Hall–Kier alpha value is -2.99. The quantitative estimate of drug-likeness (QED) is 0.502. The highest BCUT2D eigenvalue weighted by molar-refractivity contribution is 7.91. The molecule has 36 heavy (non-hydrogen) atoms. The minimum atomic E-state index is -4.07. The van der Waals surface area contributed by atoms with Crippen LogP contribution >= 0.6 is 0 Å². The van der Waals surface area contributed by atoms with Crippen molar-refractivity contribution in [2.75, 3.05) is 32.8 Å². The van der Waals surface area contributed by atoms with Crippen LogP contribution in [0.25, 0.3) is 0 Å². The molecule has 0 aromatic carbocycles. The summed E-state index contributed by atoms with van der Waals surface area (Å²) >= 11 is 0. The van der Waals surface area contributed by atoms with E-state index in [1.807, 2.05) is 13.8 Å². The second-order valence-corrected chi connectivity index (χ2v) is 11.9. The van der Waals surface area contributed by atoms with Crippen LogP contribution in [0, 0.1) is 11.8 Å². The van der Waals surface area contributed by atoms with Gasteiger partial charge in [0.2, 0.25) is 11.8 Å². The van der Waals surface area contributed by atoms with Crippen molar-refractivity contribution in [3.63, 3.8) is 0 Å². The van der Waals surface area contributed by atoms with E-state index in [0.717, 1.165) is 4.90 Å². The van der Waals surface area contributed by atoms with Crippen LogP contribution in [0.2, 0.25) is 0 Å². The van der Waals surface area contributed by atoms with Crippen molar-refractivity contribution in [1.29, 1.82) is 0 Å². The zero-order chi connectivity index (χ0) is 26.0. The molecule has 0 bridgehead atoms. The lowest BCUT2D eigenvalue weighted by Crippen LogP contribution is -2.48. The monoisotopic (exact) mass is 520 g/mol. The number of nitrogens with one attached hydrogen (secondary N) is 1. The molecule has 1 saturated heterocycles. The van der Waals surface area contributed by atoms with Gasteiger partial charge in [-0.25, -0.2) is 8.42 Å². The van der Waals surface area contributed by atoms with Crippen LogP contribution in [0.1, 0.15) is 38.8 Å². The van der Waals surface area contributed by atoms with Crippen molar-refractivity contribution in [3.8, 4) is 5.75 Å². The molecule has 3 aliphatic rings. The summed E-state index contributed by atoms with van der Waals surface area (Å²) in [6, 6.07) is 2.83. The molecule has 1 aromatic rings. The average Bonchev–Trinajstić information content (AvgIpc) is 3.40. The van der Waals surface area contributed by atoms with Crippen LogP contribution in [-0.4, -0.2) is 84.1 Å². The molecule has 3 aliphatic heterocycles. The minimum absolute atomic E-state index is 0.0101. The van der Waals surface area contributed by atoms with Crippen LogP contribution in [0.5, 0.6) is 5.75 Å². The summed E-state index contributed by atoms with van der Waals surface area (Å²) in [4.78, 5) is 46.4. The smallest absolute Gasteiger partial charge is 0.231 e. The fraction of sp³-hybridized carbons (Fsp3) is 0.583. The van der Waals surface area contributed by atoms with E-state index in [0.29, 0.717) is 38.4 Å². The number of hydrogen-bond donors (Lipinski definition) is 2. The van der Waals surface area contributed by atoms with Gasteiger partial charge in [0.05, 0.1) is 31.2 Å². The van der Waals surface area contributed by atoms with Crippen molar-refractivity contribution in [3.05, 3.63) is 35.4 Å². The lowest BCUT2D eigenvalue weighted by atomic mass is 9.92. The Morgan fingerprint density at radius 1 is 1.28 bits per heavy atom. The highest BCUT2D eigenvalue weighted by atomic mass is 32.2. The number of ether oxygens (including phenoxy) is 1. The van der Waals surface area contributed by atoms with Gasteiger partial charge >= 0.3 is 0 Å². The van der Waals surface area contributed by atoms with Crippen LogP contribution in [0.4, 0.5) is 0 Å². The summed E-state index contributed by atoms with van der Waals surface area (Å²) in [5.74, 6) is -2.69. The summed E-state index contributed by atoms with van der Waals surface area (Å²) in [5.41, 5.74) is 0.443. The van der Waals surface area contributed by atoms with Gasteiger partial charge in [0.1, 0.15) is 16.8 Å². The zero-order valence-electron chi connectivity index (χ0n) is 20.5. The molecule has 12 heteroatoms. The molecule has 4 heterocycles. The second kappa shape index (κ2) is 10.6. The number of sulfone groups is 1. The summed E-state index contributed by atoms with van der Waals surface area (Å²) in [6.07, 6.45) is 1.60. The number of pyridine rings is 1. The minimum Gasteiger partial charge on any atom is -0.506 e. The fourth-order valence-corrected chi connectivity index (χ4v) is 6.69. The highest BCUT2D eigenvalue weighted by Crippen LogP contribution is 2.38. The van der Waals surface area contributed by atoms with E-state index in [4.69, 9.17) is 4.74 Å². The maximum Gasteiger partial charge on any atom is 0.231 e. The number of Topliss-reactive ketones (excluding diaryl/α,β-unsaturated/α-hetero) is 1. The van der Waals surface area contributed by atoms with Gasteiger partial charge in [-0.3, -0.25) is 24.3 Å². The van der Waals surface area contributed by atoms with Gasteiger partial charge in [-0.05, 0) is 24.5 Å². The first-order valence-corrected chi connectivity index (χ1v) is 13.8. The van der Waals surface area contributed by atoms with Gasteiger partial charge < -0.3 is 20.1 Å². The van der Waals surface area contributed by atoms with Crippen molar-refractivity contribution < 1.29 is 32.6 Å². The summed E-state index contributed by atoms with van der Waals surface area (Å²) in [6.45, 7) is 5.57. The third kappa shape index (κ3) is 5.39. The summed E-state index contributed by atoms with van der Waals surface area (Å²) < 4.78 is 32.4. The molecular formula is C24H32N4O7S. The molecule has 2 N–H and O–H groups in total. The Balaban J connectivity index is 1.63. The first kappa shape index (κ1) is 26.1. The van der Waals surface area contributed by atoms with Crippen molar-refractivity contribution in [1.82, 2.24) is 20.1 Å². The molecule has 2 unspecified atom stereocenters. The van der Waals surface area contributed by atoms with Crippen molar-refractivity contribution in [2.45, 2.75) is 44.2 Å². The van der Waals surface area contributed by atoms with Crippen molar-refractivity contribution in [2.24, 2.45) is 11.8 Å². The number of amides is 2. The number of carbonyl (C=O) groups excluding carboxylic acids is 3. The number of morpholine rings is 1. The van der Waals surface area contributed by atoms with Gasteiger partial charge in [-0.2, -0.15) is 0 Å². The maximum atomic E-state index is 14.0. The largest absolute Gasteiger partial charge is 0.506 e. The van der Waals surface area contributed by atoms with Gasteiger partial charge in [0, 0.05) is 43.7 Å². The van der Waals surface area contributed by atoms with Gasteiger partial charge in [-0.1, -0.05) is 13.8 Å². The van der Waals surface area contributed by atoms with E-state index in [1.54, 1.807) is 4.90 Å². The Labute approximate surface area is 210 Å². The molecule has 2 amide bonds. The normalized spacial score (nSPS) is 21.1. The first-order chi connectivity index (χ1) is 17.1. The number of ketones is 1. The van der Waals surface area contributed by atoms with Crippen molar-refractivity contribution >= 4 is 27.4 Å². The molecule has 1 aromatic heterocycles.